The first-order valence-electron chi connectivity index (χ1n) is 6.66. The van der Waals surface area contributed by atoms with E-state index in [-0.39, 0.29) is 23.4 Å². The van der Waals surface area contributed by atoms with Crippen molar-refractivity contribution < 1.29 is 9.59 Å². The zero-order chi connectivity index (χ0) is 12.7. The highest BCUT2D eigenvalue weighted by Crippen LogP contribution is 2.49. The smallest absolute Gasteiger partial charge is 0.159 e. The van der Waals surface area contributed by atoms with Crippen LogP contribution < -0.4 is 0 Å². The van der Waals surface area contributed by atoms with E-state index >= 15 is 0 Å². The molecule has 0 bridgehead atoms. The van der Waals surface area contributed by atoms with E-state index in [2.05, 4.69) is 20.8 Å². The molecular formula is C15H22O2. The summed E-state index contributed by atoms with van der Waals surface area (Å²) in [6.45, 7) is 8.13. The predicted octanol–water partition coefficient (Wildman–Crippen LogP) is 3.16. The van der Waals surface area contributed by atoms with Gasteiger partial charge in [-0.1, -0.05) is 19.4 Å². The van der Waals surface area contributed by atoms with Gasteiger partial charge in [-0.25, -0.2) is 0 Å². The second-order valence-corrected chi connectivity index (χ2v) is 6.01. The minimum Gasteiger partial charge on any atom is -0.300 e. The van der Waals surface area contributed by atoms with E-state index in [4.69, 9.17) is 0 Å². The van der Waals surface area contributed by atoms with Gasteiger partial charge in [0.05, 0.1) is 0 Å². The molecular weight excluding hydrogens is 212 g/mol. The van der Waals surface area contributed by atoms with E-state index in [9.17, 15) is 9.59 Å². The lowest BCUT2D eigenvalue weighted by Crippen LogP contribution is -2.31. The lowest BCUT2D eigenvalue weighted by Gasteiger charge is -2.35. The minimum atomic E-state index is -0.0415. The largest absolute Gasteiger partial charge is 0.300 e. The minimum absolute atomic E-state index is 0.0415. The monoisotopic (exact) mass is 234 g/mol. The van der Waals surface area contributed by atoms with E-state index in [0.29, 0.717) is 18.3 Å². The maximum absolute atomic E-state index is 12.1. The van der Waals surface area contributed by atoms with Crippen LogP contribution >= 0.6 is 0 Å². The third-order valence-corrected chi connectivity index (χ3v) is 4.62. The quantitative estimate of drug-likeness (QED) is 0.735. The van der Waals surface area contributed by atoms with Gasteiger partial charge in [0.15, 0.2) is 5.78 Å². The van der Waals surface area contributed by atoms with Crippen LogP contribution in [0.2, 0.25) is 0 Å². The summed E-state index contributed by atoms with van der Waals surface area (Å²) in [6, 6.07) is 0. The van der Waals surface area contributed by atoms with Crippen molar-refractivity contribution in [2.75, 3.05) is 0 Å². The van der Waals surface area contributed by atoms with Crippen molar-refractivity contribution in [3.8, 4) is 0 Å². The van der Waals surface area contributed by atoms with E-state index in [1.165, 1.54) is 5.57 Å². The summed E-state index contributed by atoms with van der Waals surface area (Å²) >= 11 is 0. The van der Waals surface area contributed by atoms with E-state index in [0.717, 1.165) is 18.4 Å². The Bertz CT molecular complexity index is 390. The Kier molecular flexibility index (Phi) is 3.24. The molecule has 2 rings (SSSR count). The van der Waals surface area contributed by atoms with Crippen molar-refractivity contribution in [1.82, 2.24) is 0 Å². The Morgan fingerprint density at radius 1 is 1.35 bits per heavy atom. The van der Waals surface area contributed by atoms with Gasteiger partial charge in [0.2, 0.25) is 0 Å². The van der Waals surface area contributed by atoms with Crippen molar-refractivity contribution in [2.24, 2.45) is 23.7 Å². The first-order valence-corrected chi connectivity index (χ1v) is 6.66. The van der Waals surface area contributed by atoms with Crippen LogP contribution in [0.25, 0.3) is 0 Å². The molecule has 2 aliphatic rings. The van der Waals surface area contributed by atoms with Crippen LogP contribution in [0.5, 0.6) is 0 Å². The van der Waals surface area contributed by atoms with E-state index in [1.807, 2.05) is 0 Å². The number of fused-ring (bicyclic) bond motifs is 1. The SMILES string of the molecule is CC(=O)[C@H]1CC(=O)C2=C(C)CC[C@@H](C(C)C)[C@@H]21. The first-order chi connectivity index (χ1) is 7.93. The highest BCUT2D eigenvalue weighted by atomic mass is 16.1. The van der Waals surface area contributed by atoms with Crippen molar-refractivity contribution in [1.29, 1.82) is 0 Å². The fraction of sp³-hybridized carbons (Fsp3) is 0.733. The Balaban J connectivity index is 2.43. The second-order valence-electron chi connectivity index (χ2n) is 6.01. The molecule has 3 atom stereocenters. The maximum Gasteiger partial charge on any atom is 0.159 e. The summed E-state index contributed by atoms with van der Waals surface area (Å²) < 4.78 is 0. The number of hydrogen-bond donors (Lipinski definition) is 0. The number of carbonyl (C=O) groups excluding carboxylic acids is 2. The summed E-state index contributed by atoms with van der Waals surface area (Å²) in [5.41, 5.74) is 2.25. The first kappa shape index (κ1) is 12.5. The zero-order valence-electron chi connectivity index (χ0n) is 11.2. The standard InChI is InChI=1S/C15H22O2/c1-8(2)11-6-5-9(3)14-13(17)7-12(10(4)16)15(11)14/h8,11-12,15H,5-7H2,1-4H3/t11-,12+,15+/m0/s1. The zero-order valence-corrected chi connectivity index (χ0v) is 11.2. The molecule has 17 heavy (non-hydrogen) atoms. The normalized spacial score (nSPS) is 33.2. The maximum atomic E-state index is 12.1. The molecule has 2 heteroatoms. The molecule has 1 fully saturated rings. The molecule has 0 spiro atoms. The lowest BCUT2D eigenvalue weighted by molar-refractivity contribution is -0.124. The van der Waals surface area contributed by atoms with Crippen molar-refractivity contribution in [3.63, 3.8) is 0 Å². The number of hydrogen-bond acceptors (Lipinski definition) is 2. The van der Waals surface area contributed by atoms with Gasteiger partial charge < -0.3 is 0 Å². The van der Waals surface area contributed by atoms with Gasteiger partial charge in [-0.3, -0.25) is 9.59 Å². The van der Waals surface area contributed by atoms with Crippen molar-refractivity contribution in [2.45, 2.75) is 47.0 Å². The molecule has 0 radical (unpaired) electrons. The summed E-state index contributed by atoms with van der Waals surface area (Å²) in [5.74, 6) is 1.66. The van der Waals surface area contributed by atoms with Gasteiger partial charge in [0, 0.05) is 18.3 Å². The van der Waals surface area contributed by atoms with Gasteiger partial charge in [-0.2, -0.15) is 0 Å². The second kappa shape index (κ2) is 4.40. The highest BCUT2D eigenvalue weighted by Gasteiger charge is 2.47. The average molecular weight is 234 g/mol. The van der Waals surface area contributed by atoms with Crippen LogP contribution in [0, 0.1) is 23.7 Å². The van der Waals surface area contributed by atoms with E-state index < -0.39 is 0 Å². The third-order valence-electron chi connectivity index (χ3n) is 4.62. The van der Waals surface area contributed by atoms with Crippen LogP contribution in [-0.2, 0) is 9.59 Å². The molecule has 2 nitrogen and oxygen atoms in total. The summed E-state index contributed by atoms with van der Waals surface area (Å²) in [5, 5.41) is 0. The summed E-state index contributed by atoms with van der Waals surface area (Å²) in [4.78, 5) is 23.8. The molecule has 0 aliphatic heterocycles. The Labute approximate surface area is 103 Å². The summed E-state index contributed by atoms with van der Waals surface area (Å²) in [7, 11) is 0. The number of ketones is 2. The fourth-order valence-corrected chi connectivity index (χ4v) is 3.70. The topological polar surface area (TPSA) is 34.1 Å². The molecule has 0 amide bonds. The Hall–Kier alpha value is -0.920. The molecule has 94 valence electrons. The molecule has 1 saturated carbocycles. The molecule has 0 heterocycles. The molecule has 2 aliphatic carbocycles. The van der Waals surface area contributed by atoms with Gasteiger partial charge in [0.1, 0.15) is 5.78 Å². The van der Waals surface area contributed by atoms with Crippen LogP contribution in [0.3, 0.4) is 0 Å². The van der Waals surface area contributed by atoms with Gasteiger partial charge >= 0.3 is 0 Å². The van der Waals surface area contributed by atoms with Gasteiger partial charge in [-0.05, 0) is 44.1 Å². The van der Waals surface area contributed by atoms with Crippen molar-refractivity contribution in [3.05, 3.63) is 11.1 Å². The molecule has 0 aromatic rings. The predicted molar refractivity (Wildman–Crippen MR) is 67.5 cm³/mol. The highest BCUT2D eigenvalue weighted by molar-refractivity contribution is 6.03. The van der Waals surface area contributed by atoms with Crippen LogP contribution in [0.15, 0.2) is 11.1 Å². The molecule has 0 aromatic heterocycles. The van der Waals surface area contributed by atoms with Crippen LogP contribution in [-0.4, -0.2) is 11.6 Å². The van der Waals surface area contributed by atoms with Gasteiger partial charge in [0.25, 0.3) is 0 Å². The fourth-order valence-electron chi connectivity index (χ4n) is 3.70. The Morgan fingerprint density at radius 3 is 2.53 bits per heavy atom. The molecule has 0 saturated heterocycles. The molecule has 0 aromatic carbocycles. The molecule has 0 unspecified atom stereocenters. The molecule has 0 N–H and O–H groups in total. The van der Waals surface area contributed by atoms with Crippen LogP contribution in [0.1, 0.15) is 47.0 Å². The van der Waals surface area contributed by atoms with Crippen LogP contribution in [0.4, 0.5) is 0 Å². The third kappa shape index (κ3) is 1.98. The Morgan fingerprint density at radius 2 is 2.00 bits per heavy atom. The number of Topliss-reactive ketones (excluding diaryl/α,β-unsaturated/α-hetero) is 2. The summed E-state index contributed by atoms with van der Waals surface area (Å²) in [6.07, 6.45) is 2.62. The average Bonchev–Trinajstić information content (AvgIpc) is 2.57. The van der Waals surface area contributed by atoms with E-state index in [1.54, 1.807) is 6.92 Å². The van der Waals surface area contributed by atoms with Crippen molar-refractivity contribution >= 4 is 11.6 Å². The number of carbonyl (C=O) groups is 2. The lowest BCUT2D eigenvalue weighted by atomic mass is 9.68. The van der Waals surface area contributed by atoms with Gasteiger partial charge in [-0.15, -0.1) is 0 Å². The number of allylic oxidation sites excluding steroid dienone is 2. The number of rotatable bonds is 2.